The van der Waals surface area contributed by atoms with Crippen molar-refractivity contribution in [1.82, 2.24) is 4.90 Å². The molecular formula is C13H25NO2. The Morgan fingerprint density at radius 2 is 2.00 bits per heavy atom. The van der Waals surface area contributed by atoms with E-state index in [1.807, 2.05) is 0 Å². The topological polar surface area (TPSA) is 29.5 Å². The lowest BCUT2D eigenvalue weighted by Gasteiger charge is -2.32. The molecule has 0 unspecified atom stereocenters. The molecule has 1 fully saturated rings. The molecule has 0 atom stereocenters. The number of likely N-dealkylation sites (tertiary alicyclic amines) is 1. The van der Waals surface area contributed by atoms with Crippen LogP contribution in [0.15, 0.2) is 0 Å². The van der Waals surface area contributed by atoms with Gasteiger partial charge in [-0.25, -0.2) is 0 Å². The Labute approximate surface area is 99.1 Å². The second kappa shape index (κ2) is 6.89. The lowest BCUT2D eigenvalue weighted by atomic mass is 9.92. The zero-order chi connectivity index (χ0) is 12.0. The number of esters is 1. The molecule has 1 aliphatic heterocycles. The van der Waals surface area contributed by atoms with Gasteiger partial charge in [0.1, 0.15) is 0 Å². The van der Waals surface area contributed by atoms with E-state index in [4.69, 9.17) is 0 Å². The lowest BCUT2D eigenvalue weighted by molar-refractivity contribution is -0.141. The number of carbonyl (C=O) groups is 1. The number of ether oxygens (including phenoxy) is 1. The first-order valence-corrected chi connectivity index (χ1v) is 6.41. The van der Waals surface area contributed by atoms with Crippen LogP contribution in [0.3, 0.4) is 0 Å². The SMILES string of the molecule is COC(=O)CCC1CCN(CC(C)C)CC1. The average molecular weight is 227 g/mol. The summed E-state index contributed by atoms with van der Waals surface area (Å²) in [7, 11) is 1.47. The molecule has 0 aliphatic carbocycles. The maximum atomic E-state index is 11.0. The summed E-state index contributed by atoms with van der Waals surface area (Å²) in [5, 5.41) is 0. The Kier molecular flexibility index (Phi) is 5.81. The number of carbonyl (C=O) groups excluding carboxylic acids is 1. The van der Waals surface area contributed by atoms with E-state index >= 15 is 0 Å². The number of nitrogens with zero attached hydrogens (tertiary/aromatic N) is 1. The summed E-state index contributed by atoms with van der Waals surface area (Å²) >= 11 is 0. The van der Waals surface area contributed by atoms with Crippen LogP contribution in [0.5, 0.6) is 0 Å². The minimum absolute atomic E-state index is 0.0652. The van der Waals surface area contributed by atoms with Gasteiger partial charge in [-0.15, -0.1) is 0 Å². The molecule has 0 aromatic carbocycles. The molecule has 16 heavy (non-hydrogen) atoms. The van der Waals surface area contributed by atoms with E-state index in [9.17, 15) is 4.79 Å². The van der Waals surface area contributed by atoms with Crippen molar-refractivity contribution in [3.05, 3.63) is 0 Å². The summed E-state index contributed by atoms with van der Waals surface area (Å²) in [5.74, 6) is 1.42. The van der Waals surface area contributed by atoms with Crippen LogP contribution in [0, 0.1) is 11.8 Å². The Balaban J connectivity index is 2.14. The largest absolute Gasteiger partial charge is 0.469 e. The van der Waals surface area contributed by atoms with Crippen LogP contribution in [0.25, 0.3) is 0 Å². The second-order valence-electron chi connectivity index (χ2n) is 5.25. The maximum absolute atomic E-state index is 11.0. The van der Waals surface area contributed by atoms with Gasteiger partial charge in [0, 0.05) is 13.0 Å². The van der Waals surface area contributed by atoms with E-state index in [2.05, 4.69) is 23.5 Å². The highest BCUT2D eigenvalue weighted by Gasteiger charge is 2.20. The molecular weight excluding hydrogens is 202 g/mol. The standard InChI is InChI=1S/C13H25NO2/c1-11(2)10-14-8-6-12(7-9-14)4-5-13(15)16-3/h11-12H,4-10H2,1-3H3. The number of hydrogen-bond acceptors (Lipinski definition) is 3. The van der Waals surface area contributed by atoms with Crippen LogP contribution in [-0.4, -0.2) is 37.6 Å². The fourth-order valence-corrected chi connectivity index (χ4v) is 2.40. The molecule has 0 spiro atoms. The highest BCUT2D eigenvalue weighted by molar-refractivity contribution is 5.69. The molecule has 0 bridgehead atoms. The van der Waals surface area contributed by atoms with Crippen molar-refractivity contribution in [3.8, 4) is 0 Å². The number of methoxy groups -OCH3 is 1. The Hall–Kier alpha value is -0.570. The van der Waals surface area contributed by atoms with Crippen molar-refractivity contribution in [1.29, 1.82) is 0 Å². The van der Waals surface area contributed by atoms with Crippen molar-refractivity contribution in [2.75, 3.05) is 26.7 Å². The van der Waals surface area contributed by atoms with Gasteiger partial charge in [-0.2, -0.15) is 0 Å². The van der Waals surface area contributed by atoms with E-state index in [0.29, 0.717) is 6.42 Å². The predicted molar refractivity (Wildman–Crippen MR) is 65.3 cm³/mol. The summed E-state index contributed by atoms with van der Waals surface area (Å²) < 4.78 is 4.67. The highest BCUT2D eigenvalue weighted by Crippen LogP contribution is 2.22. The first kappa shape index (κ1) is 13.5. The molecule has 3 nitrogen and oxygen atoms in total. The molecule has 1 rings (SSSR count). The van der Waals surface area contributed by atoms with Crippen LogP contribution < -0.4 is 0 Å². The number of hydrogen-bond donors (Lipinski definition) is 0. The fourth-order valence-electron chi connectivity index (χ4n) is 2.40. The second-order valence-corrected chi connectivity index (χ2v) is 5.25. The fraction of sp³-hybridized carbons (Fsp3) is 0.923. The third-order valence-corrected chi connectivity index (χ3v) is 3.31. The van der Waals surface area contributed by atoms with Gasteiger partial charge in [0.15, 0.2) is 0 Å². The smallest absolute Gasteiger partial charge is 0.305 e. The Morgan fingerprint density at radius 3 is 2.50 bits per heavy atom. The van der Waals surface area contributed by atoms with Gasteiger partial charge >= 0.3 is 5.97 Å². The van der Waals surface area contributed by atoms with E-state index in [1.165, 1.54) is 39.6 Å². The molecule has 1 aliphatic rings. The van der Waals surface area contributed by atoms with Crippen LogP contribution in [0.1, 0.15) is 39.5 Å². The molecule has 0 N–H and O–H groups in total. The molecule has 1 saturated heterocycles. The monoisotopic (exact) mass is 227 g/mol. The van der Waals surface area contributed by atoms with Crippen molar-refractivity contribution in [2.24, 2.45) is 11.8 Å². The average Bonchev–Trinajstić information content (AvgIpc) is 2.27. The first-order chi connectivity index (χ1) is 7.61. The van der Waals surface area contributed by atoms with E-state index < -0.39 is 0 Å². The molecule has 0 saturated carbocycles. The third kappa shape index (κ3) is 4.97. The van der Waals surface area contributed by atoms with E-state index in [-0.39, 0.29) is 5.97 Å². The zero-order valence-electron chi connectivity index (χ0n) is 10.9. The molecule has 3 heteroatoms. The first-order valence-electron chi connectivity index (χ1n) is 6.41. The number of piperidine rings is 1. The third-order valence-electron chi connectivity index (χ3n) is 3.31. The minimum atomic E-state index is -0.0652. The quantitative estimate of drug-likeness (QED) is 0.675. The summed E-state index contributed by atoms with van der Waals surface area (Å²) in [4.78, 5) is 13.6. The molecule has 0 radical (unpaired) electrons. The van der Waals surface area contributed by atoms with E-state index in [1.54, 1.807) is 0 Å². The predicted octanol–water partition coefficient (Wildman–Crippen LogP) is 2.31. The molecule has 94 valence electrons. The minimum Gasteiger partial charge on any atom is -0.469 e. The molecule has 1 heterocycles. The van der Waals surface area contributed by atoms with Crippen molar-refractivity contribution >= 4 is 5.97 Å². The van der Waals surface area contributed by atoms with Gasteiger partial charge in [-0.05, 0) is 44.2 Å². The van der Waals surface area contributed by atoms with Crippen molar-refractivity contribution in [2.45, 2.75) is 39.5 Å². The zero-order valence-corrected chi connectivity index (χ0v) is 10.9. The normalized spacial score (nSPS) is 19.0. The molecule has 0 aromatic heterocycles. The molecule has 0 amide bonds. The lowest BCUT2D eigenvalue weighted by Crippen LogP contribution is -2.36. The Morgan fingerprint density at radius 1 is 1.38 bits per heavy atom. The number of rotatable bonds is 5. The van der Waals surface area contributed by atoms with Gasteiger partial charge in [-0.3, -0.25) is 4.79 Å². The molecule has 0 aromatic rings. The van der Waals surface area contributed by atoms with Gasteiger partial charge in [0.2, 0.25) is 0 Å². The van der Waals surface area contributed by atoms with Crippen molar-refractivity contribution in [3.63, 3.8) is 0 Å². The van der Waals surface area contributed by atoms with Crippen molar-refractivity contribution < 1.29 is 9.53 Å². The maximum Gasteiger partial charge on any atom is 0.305 e. The van der Waals surface area contributed by atoms with Crippen LogP contribution in [0.4, 0.5) is 0 Å². The van der Waals surface area contributed by atoms with Crippen LogP contribution in [-0.2, 0) is 9.53 Å². The summed E-state index contributed by atoms with van der Waals surface area (Å²) in [6.07, 6.45) is 4.07. The van der Waals surface area contributed by atoms with Gasteiger partial charge in [-0.1, -0.05) is 13.8 Å². The van der Waals surface area contributed by atoms with Gasteiger partial charge in [0.25, 0.3) is 0 Å². The summed E-state index contributed by atoms with van der Waals surface area (Å²) in [5.41, 5.74) is 0. The van der Waals surface area contributed by atoms with Gasteiger partial charge < -0.3 is 9.64 Å². The van der Waals surface area contributed by atoms with Crippen LogP contribution in [0.2, 0.25) is 0 Å². The van der Waals surface area contributed by atoms with Crippen LogP contribution >= 0.6 is 0 Å². The van der Waals surface area contributed by atoms with E-state index in [0.717, 1.165) is 18.3 Å². The Bertz CT molecular complexity index is 208. The summed E-state index contributed by atoms with van der Waals surface area (Å²) in [6.45, 7) is 8.14. The summed E-state index contributed by atoms with van der Waals surface area (Å²) in [6, 6.07) is 0. The highest BCUT2D eigenvalue weighted by atomic mass is 16.5. The van der Waals surface area contributed by atoms with Gasteiger partial charge in [0.05, 0.1) is 7.11 Å².